The molecule has 4 rings (SSSR count). The Morgan fingerprint density at radius 1 is 1.08 bits per heavy atom. The van der Waals surface area contributed by atoms with Gasteiger partial charge in [0, 0.05) is 12.8 Å². The van der Waals surface area contributed by atoms with Gasteiger partial charge in [-0.2, -0.15) is 0 Å². The Balaban J connectivity index is 1.59. The maximum absolute atomic E-state index is 12.0. The van der Waals surface area contributed by atoms with Crippen LogP contribution in [0.5, 0.6) is 0 Å². The van der Waals surface area contributed by atoms with Crippen LogP contribution in [0.25, 0.3) is 0 Å². The standard InChI is InChI=1S/C22H37NO2/c1-20-10-6-16(24)14-15(20)4-5-17-18(20)7-11-21(2)19(17)8-12-22(21,25)9-3-13-23/h15,17-19,25H,3-14,23H2,1-2H3/t15?,17-,18-,19+,20+,21+,22?/m1/s1. The molecule has 0 aliphatic heterocycles. The molecule has 4 saturated carbocycles. The van der Waals surface area contributed by atoms with E-state index >= 15 is 0 Å². The van der Waals surface area contributed by atoms with Gasteiger partial charge in [-0.25, -0.2) is 0 Å². The second-order valence-electron chi connectivity index (χ2n) is 10.3. The van der Waals surface area contributed by atoms with Crippen LogP contribution in [-0.4, -0.2) is 23.0 Å². The van der Waals surface area contributed by atoms with Crippen molar-refractivity contribution in [3.8, 4) is 0 Å². The van der Waals surface area contributed by atoms with Gasteiger partial charge in [0.2, 0.25) is 0 Å². The number of carbonyl (C=O) groups excluding carboxylic acids is 1. The number of hydrogen-bond donors (Lipinski definition) is 2. The van der Waals surface area contributed by atoms with E-state index in [2.05, 4.69) is 13.8 Å². The number of rotatable bonds is 3. The summed E-state index contributed by atoms with van der Waals surface area (Å²) < 4.78 is 0. The molecule has 7 atom stereocenters. The Hall–Kier alpha value is -0.410. The van der Waals surface area contributed by atoms with Crippen LogP contribution in [0, 0.1) is 34.5 Å². The van der Waals surface area contributed by atoms with E-state index in [1.807, 2.05) is 0 Å². The molecule has 2 unspecified atom stereocenters. The van der Waals surface area contributed by atoms with Crippen molar-refractivity contribution >= 4 is 5.78 Å². The van der Waals surface area contributed by atoms with Crippen LogP contribution in [0.2, 0.25) is 0 Å². The predicted octanol–water partition coefficient (Wildman–Crippen LogP) is 4.07. The van der Waals surface area contributed by atoms with Crippen LogP contribution in [0.1, 0.15) is 84.5 Å². The molecule has 4 fully saturated rings. The van der Waals surface area contributed by atoms with Crippen molar-refractivity contribution in [1.29, 1.82) is 0 Å². The van der Waals surface area contributed by atoms with Crippen molar-refractivity contribution in [2.75, 3.05) is 6.54 Å². The quantitative estimate of drug-likeness (QED) is 0.809. The third kappa shape index (κ3) is 2.48. The molecular formula is C22H37NO2. The number of carbonyl (C=O) groups is 1. The van der Waals surface area contributed by atoms with Crippen LogP contribution < -0.4 is 5.73 Å². The first-order chi connectivity index (χ1) is 11.8. The van der Waals surface area contributed by atoms with Crippen molar-refractivity contribution < 1.29 is 9.90 Å². The Morgan fingerprint density at radius 2 is 1.84 bits per heavy atom. The monoisotopic (exact) mass is 347 g/mol. The van der Waals surface area contributed by atoms with Crippen molar-refractivity contribution in [3.05, 3.63) is 0 Å². The molecule has 4 aliphatic rings. The molecule has 0 aromatic carbocycles. The van der Waals surface area contributed by atoms with Gasteiger partial charge in [0.1, 0.15) is 5.78 Å². The van der Waals surface area contributed by atoms with Gasteiger partial charge in [0.05, 0.1) is 5.60 Å². The lowest BCUT2D eigenvalue weighted by atomic mass is 9.44. The van der Waals surface area contributed by atoms with Crippen molar-refractivity contribution in [3.63, 3.8) is 0 Å². The van der Waals surface area contributed by atoms with E-state index in [-0.39, 0.29) is 5.41 Å². The summed E-state index contributed by atoms with van der Waals surface area (Å²) in [4.78, 5) is 12.0. The molecule has 4 aliphatic carbocycles. The lowest BCUT2D eigenvalue weighted by Gasteiger charge is -2.61. The summed E-state index contributed by atoms with van der Waals surface area (Å²) in [6.07, 6.45) is 11.7. The Labute approximate surface area is 153 Å². The highest BCUT2D eigenvalue weighted by molar-refractivity contribution is 5.79. The summed E-state index contributed by atoms with van der Waals surface area (Å²) in [7, 11) is 0. The molecular weight excluding hydrogens is 310 g/mol. The lowest BCUT2D eigenvalue weighted by molar-refractivity contribution is -0.158. The molecule has 3 nitrogen and oxygen atoms in total. The summed E-state index contributed by atoms with van der Waals surface area (Å²) in [6, 6.07) is 0. The van der Waals surface area contributed by atoms with E-state index in [4.69, 9.17) is 5.73 Å². The van der Waals surface area contributed by atoms with E-state index in [0.717, 1.165) is 56.8 Å². The summed E-state index contributed by atoms with van der Waals surface area (Å²) in [5.74, 6) is 3.33. The third-order valence-electron chi connectivity index (χ3n) is 9.60. The molecule has 0 spiro atoms. The minimum Gasteiger partial charge on any atom is -0.389 e. The molecule has 0 aromatic heterocycles. The topological polar surface area (TPSA) is 63.3 Å². The highest BCUT2D eigenvalue weighted by Crippen LogP contribution is 2.68. The van der Waals surface area contributed by atoms with Gasteiger partial charge in [0.15, 0.2) is 0 Å². The van der Waals surface area contributed by atoms with Crippen molar-refractivity contribution in [2.45, 2.75) is 90.1 Å². The van der Waals surface area contributed by atoms with E-state index in [1.165, 1.54) is 25.7 Å². The SMILES string of the molecule is C[C@]12CCC(=O)CC1CC[C@@H]1[C@H]2CC[C@@]2(C)[C@H]1CCC2(O)CCCN. The number of ketones is 1. The average molecular weight is 348 g/mol. The van der Waals surface area contributed by atoms with Gasteiger partial charge in [0.25, 0.3) is 0 Å². The van der Waals surface area contributed by atoms with Gasteiger partial charge >= 0.3 is 0 Å². The number of hydrogen-bond acceptors (Lipinski definition) is 3. The molecule has 0 aromatic rings. The number of fused-ring (bicyclic) bond motifs is 5. The first-order valence-electron chi connectivity index (χ1n) is 10.8. The van der Waals surface area contributed by atoms with E-state index in [0.29, 0.717) is 29.6 Å². The Morgan fingerprint density at radius 3 is 2.60 bits per heavy atom. The van der Waals surface area contributed by atoms with Crippen LogP contribution in [-0.2, 0) is 4.79 Å². The summed E-state index contributed by atoms with van der Waals surface area (Å²) in [6.45, 7) is 5.57. The summed E-state index contributed by atoms with van der Waals surface area (Å²) >= 11 is 0. The fraction of sp³-hybridized carbons (Fsp3) is 0.955. The minimum atomic E-state index is -0.498. The number of aliphatic hydroxyl groups is 1. The molecule has 0 saturated heterocycles. The third-order valence-corrected chi connectivity index (χ3v) is 9.60. The predicted molar refractivity (Wildman–Crippen MR) is 100.0 cm³/mol. The largest absolute Gasteiger partial charge is 0.389 e. The molecule has 142 valence electrons. The lowest BCUT2D eigenvalue weighted by Crippen LogP contribution is -2.56. The fourth-order valence-corrected chi connectivity index (χ4v) is 7.96. The van der Waals surface area contributed by atoms with Crippen LogP contribution >= 0.6 is 0 Å². The van der Waals surface area contributed by atoms with Gasteiger partial charge in [-0.05, 0) is 98.8 Å². The zero-order valence-corrected chi connectivity index (χ0v) is 16.2. The molecule has 25 heavy (non-hydrogen) atoms. The zero-order valence-electron chi connectivity index (χ0n) is 16.2. The van der Waals surface area contributed by atoms with Crippen LogP contribution in [0.15, 0.2) is 0 Å². The normalized spacial score (nSPS) is 52.4. The fourth-order valence-electron chi connectivity index (χ4n) is 7.96. The first kappa shape index (κ1) is 18.0. The Kier molecular flexibility index (Phi) is 4.35. The van der Waals surface area contributed by atoms with Crippen LogP contribution in [0.4, 0.5) is 0 Å². The molecule has 3 N–H and O–H groups in total. The average Bonchev–Trinajstić information content (AvgIpc) is 2.85. The minimum absolute atomic E-state index is 0.0804. The van der Waals surface area contributed by atoms with Gasteiger partial charge in [-0.15, -0.1) is 0 Å². The Bertz CT molecular complexity index is 548. The zero-order chi connectivity index (χ0) is 17.9. The second kappa shape index (κ2) is 6.05. The molecule has 0 heterocycles. The van der Waals surface area contributed by atoms with Gasteiger partial charge < -0.3 is 10.8 Å². The van der Waals surface area contributed by atoms with Crippen LogP contribution in [0.3, 0.4) is 0 Å². The first-order valence-corrected chi connectivity index (χ1v) is 10.8. The molecule has 0 bridgehead atoms. The molecule has 0 radical (unpaired) electrons. The maximum Gasteiger partial charge on any atom is 0.133 e. The highest BCUT2D eigenvalue weighted by Gasteiger charge is 2.64. The van der Waals surface area contributed by atoms with Crippen molar-refractivity contribution in [1.82, 2.24) is 0 Å². The van der Waals surface area contributed by atoms with E-state index in [9.17, 15) is 9.90 Å². The molecule has 0 amide bonds. The summed E-state index contributed by atoms with van der Waals surface area (Å²) in [5, 5.41) is 11.5. The smallest absolute Gasteiger partial charge is 0.133 e. The van der Waals surface area contributed by atoms with Crippen molar-refractivity contribution in [2.24, 2.45) is 40.2 Å². The maximum atomic E-state index is 12.0. The van der Waals surface area contributed by atoms with Gasteiger partial charge in [-0.3, -0.25) is 4.79 Å². The number of Topliss-reactive ketones (excluding diaryl/α,β-unsaturated/α-hetero) is 1. The second-order valence-corrected chi connectivity index (χ2v) is 10.3. The molecule has 3 heteroatoms. The highest BCUT2D eigenvalue weighted by atomic mass is 16.3. The number of nitrogens with two attached hydrogens (primary N) is 1. The van der Waals surface area contributed by atoms with E-state index < -0.39 is 5.60 Å². The van der Waals surface area contributed by atoms with E-state index in [1.54, 1.807) is 0 Å². The van der Waals surface area contributed by atoms with Gasteiger partial charge in [-0.1, -0.05) is 13.8 Å². The summed E-state index contributed by atoms with van der Waals surface area (Å²) in [5.41, 5.74) is 5.70.